The second kappa shape index (κ2) is 7.06. The van der Waals surface area contributed by atoms with Crippen LogP contribution in [-0.4, -0.2) is 32.0 Å². The maximum Gasteiger partial charge on any atom is 0.402 e. The van der Waals surface area contributed by atoms with Gasteiger partial charge in [-0.3, -0.25) is 0 Å². The van der Waals surface area contributed by atoms with Gasteiger partial charge in [0.05, 0.1) is 0 Å². The zero-order valence-electron chi connectivity index (χ0n) is 11.1. The standard InChI is InChI=1S/C12H14BrF4NO2S/c1-2-3-6-18(8-12(15,16)17)21(19,20)11-5-4-9(13)7-10(11)14/h4-5,7H,2-3,6,8H2,1H3. The number of hydrogen-bond acceptors (Lipinski definition) is 2. The van der Waals surface area contributed by atoms with E-state index >= 15 is 0 Å². The molecule has 0 fully saturated rings. The van der Waals surface area contributed by atoms with Gasteiger partial charge in [-0.05, 0) is 24.6 Å². The summed E-state index contributed by atoms with van der Waals surface area (Å²) in [6.07, 6.45) is -3.91. The Balaban J connectivity index is 3.19. The molecule has 120 valence electrons. The first-order chi connectivity index (χ1) is 9.58. The molecule has 0 amide bonds. The van der Waals surface area contributed by atoms with Gasteiger partial charge in [0.1, 0.15) is 17.3 Å². The van der Waals surface area contributed by atoms with Gasteiger partial charge in [-0.1, -0.05) is 29.3 Å². The molecule has 0 aliphatic carbocycles. The summed E-state index contributed by atoms with van der Waals surface area (Å²) in [5.41, 5.74) is 0. The largest absolute Gasteiger partial charge is 0.402 e. The van der Waals surface area contributed by atoms with Crippen molar-refractivity contribution >= 4 is 26.0 Å². The van der Waals surface area contributed by atoms with Crippen molar-refractivity contribution in [2.75, 3.05) is 13.1 Å². The summed E-state index contributed by atoms with van der Waals surface area (Å²) >= 11 is 2.96. The summed E-state index contributed by atoms with van der Waals surface area (Å²) in [5, 5.41) is 0. The average Bonchev–Trinajstić information content (AvgIpc) is 2.32. The summed E-state index contributed by atoms with van der Waals surface area (Å²) in [6, 6.07) is 3.12. The van der Waals surface area contributed by atoms with Crippen LogP contribution in [0.25, 0.3) is 0 Å². The van der Waals surface area contributed by atoms with Gasteiger partial charge in [-0.25, -0.2) is 12.8 Å². The lowest BCUT2D eigenvalue weighted by Gasteiger charge is -2.23. The summed E-state index contributed by atoms with van der Waals surface area (Å²) in [5.74, 6) is -1.09. The number of halogens is 5. The van der Waals surface area contributed by atoms with Crippen molar-refractivity contribution in [1.29, 1.82) is 0 Å². The fraction of sp³-hybridized carbons (Fsp3) is 0.500. The molecule has 0 unspecified atom stereocenters. The minimum absolute atomic E-state index is 0.257. The van der Waals surface area contributed by atoms with Crippen molar-refractivity contribution in [3.8, 4) is 0 Å². The van der Waals surface area contributed by atoms with Crippen LogP contribution in [0.15, 0.2) is 27.6 Å². The van der Waals surface area contributed by atoms with Gasteiger partial charge in [0, 0.05) is 11.0 Å². The van der Waals surface area contributed by atoms with Crippen LogP contribution in [0, 0.1) is 5.82 Å². The molecule has 1 aromatic rings. The molecule has 0 aliphatic heterocycles. The molecule has 9 heteroatoms. The highest BCUT2D eigenvalue weighted by atomic mass is 79.9. The molecule has 1 rings (SSSR count). The lowest BCUT2D eigenvalue weighted by molar-refractivity contribution is -0.136. The minimum atomic E-state index is -4.69. The topological polar surface area (TPSA) is 37.4 Å². The SMILES string of the molecule is CCCCN(CC(F)(F)F)S(=O)(=O)c1ccc(Br)cc1F. The van der Waals surface area contributed by atoms with Crippen LogP contribution in [0.5, 0.6) is 0 Å². The maximum absolute atomic E-state index is 13.7. The van der Waals surface area contributed by atoms with E-state index in [2.05, 4.69) is 15.9 Å². The number of rotatable bonds is 6. The van der Waals surface area contributed by atoms with Crippen LogP contribution < -0.4 is 0 Å². The predicted octanol–water partition coefficient (Wildman–Crippen LogP) is 3.94. The number of nitrogens with zero attached hydrogens (tertiary/aromatic N) is 1. The molecule has 0 atom stereocenters. The third-order valence-corrected chi connectivity index (χ3v) is 5.00. The van der Waals surface area contributed by atoms with Crippen LogP contribution in [-0.2, 0) is 10.0 Å². The van der Waals surface area contributed by atoms with Gasteiger partial charge in [0.25, 0.3) is 0 Å². The number of unbranched alkanes of at least 4 members (excludes halogenated alkanes) is 1. The number of hydrogen-bond donors (Lipinski definition) is 0. The highest BCUT2D eigenvalue weighted by molar-refractivity contribution is 9.10. The molecule has 0 heterocycles. The molecular weight excluding hydrogens is 378 g/mol. The van der Waals surface area contributed by atoms with Crippen LogP contribution in [0.4, 0.5) is 17.6 Å². The normalized spacial score (nSPS) is 12.9. The molecule has 0 radical (unpaired) electrons. The molecule has 0 N–H and O–H groups in total. The first kappa shape index (κ1) is 18.4. The Morgan fingerprint density at radius 3 is 2.38 bits per heavy atom. The molecule has 0 saturated carbocycles. The van der Waals surface area contributed by atoms with Crippen LogP contribution in [0.3, 0.4) is 0 Å². The van der Waals surface area contributed by atoms with E-state index < -0.39 is 33.5 Å². The smallest absolute Gasteiger partial charge is 0.207 e. The predicted molar refractivity (Wildman–Crippen MR) is 73.8 cm³/mol. The zero-order chi connectivity index (χ0) is 16.3. The molecule has 21 heavy (non-hydrogen) atoms. The highest BCUT2D eigenvalue weighted by Gasteiger charge is 2.37. The minimum Gasteiger partial charge on any atom is -0.207 e. The van der Waals surface area contributed by atoms with Gasteiger partial charge in [0.2, 0.25) is 10.0 Å². The van der Waals surface area contributed by atoms with Crippen molar-refractivity contribution in [3.63, 3.8) is 0 Å². The lowest BCUT2D eigenvalue weighted by Crippen LogP contribution is -2.39. The van der Waals surface area contributed by atoms with E-state index in [4.69, 9.17) is 0 Å². The summed E-state index contributed by atoms with van der Waals surface area (Å²) in [6.45, 7) is -0.225. The van der Waals surface area contributed by atoms with E-state index in [0.717, 1.165) is 12.1 Å². The van der Waals surface area contributed by atoms with E-state index in [1.165, 1.54) is 6.07 Å². The van der Waals surface area contributed by atoms with Crippen LogP contribution >= 0.6 is 15.9 Å². The number of sulfonamides is 1. The Hall–Kier alpha value is -0.670. The van der Waals surface area contributed by atoms with Crippen molar-refractivity contribution < 1.29 is 26.0 Å². The first-order valence-electron chi connectivity index (χ1n) is 6.10. The fourth-order valence-electron chi connectivity index (χ4n) is 1.64. The van der Waals surface area contributed by atoms with E-state index in [1.807, 2.05) is 0 Å². The molecular formula is C12H14BrF4NO2S. The van der Waals surface area contributed by atoms with Crippen molar-refractivity contribution in [3.05, 3.63) is 28.5 Å². The third kappa shape index (κ3) is 5.23. The molecule has 0 saturated heterocycles. The van der Waals surface area contributed by atoms with Crippen LogP contribution in [0.2, 0.25) is 0 Å². The van der Waals surface area contributed by atoms with Crippen molar-refractivity contribution in [1.82, 2.24) is 4.31 Å². The van der Waals surface area contributed by atoms with E-state index in [-0.39, 0.29) is 17.3 Å². The van der Waals surface area contributed by atoms with Gasteiger partial charge in [-0.15, -0.1) is 0 Å². The fourth-order valence-corrected chi connectivity index (χ4v) is 3.48. The quantitative estimate of drug-likeness (QED) is 0.688. The Morgan fingerprint density at radius 2 is 1.90 bits per heavy atom. The van der Waals surface area contributed by atoms with Gasteiger partial charge in [0.15, 0.2) is 0 Å². The third-order valence-electron chi connectivity index (χ3n) is 2.63. The Labute approximate surface area is 129 Å². The zero-order valence-corrected chi connectivity index (χ0v) is 13.5. The maximum atomic E-state index is 13.7. The van der Waals surface area contributed by atoms with Crippen molar-refractivity contribution in [2.45, 2.75) is 30.8 Å². The second-order valence-electron chi connectivity index (χ2n) is 4.38. The molecule has 0 aromatic heterocycles. The summed E-state index contributed by atoms with van der Waals surface area (Å²) < 4.78 is 76.4. The second-order valence-corrected chi connectivity index (χ2v) is 7.20. The van der Waals surface area contributed by atoms with Crippen LogP contribution in [0.1, 0.15) is 19.8 Å². The molecule has 0 bridgehead atoms. The molecule has 1 aromatic carbocycles. The molecule has 3 nitrogen and oxygen atoms in total. The van der Waals surface area contributed by atoms with E-state index in [1.54, 1.807) is 6.92 Å². The molecule has 0 spiro atoms. The Morgan fingerprint density at radius 1 is 1.29 bits per heavy atom. The molecule has 0 aliphatic rings. The Bertz CT molecular complexity index is 589. The van der Waals surface area contributed by atoms with Crippen molar-refractivity contribution in [2.24, 2.45) is 0 Å². The highest BCUT2D eigenvalue weighted by Crippen LogP contribution is 2.26. The summed E-state index contributed by atoms with van der Waals surface area (Å²) in [7, 11) is -4.54. The van der Waals surface area contributed by atoms with Gasteiger partial charge < -0.3 is 0 Å². The first-order valence-corrected chi connectivity index (χ1v) is 8.33. The lowest BCUT2D eigenvalue weighted by atomic mass is 10.3. The summed E-state index contributed by atoms with van der Waals surface area (Å²) in [4.78, 5) is -0.758. The van der Waals surface area contributed by atoms with E-state index in [0.29, 0.717) is 10.9 Å². The van der Waals surface area contributed by atoms with Gasteiger partial charge in [-0.2, -0.15) is 17.5 Å². The Kier molecular flexibility index (Phi) is 6.18. The van der Waals surface area contributed by atoms with Gasteiger partial charge >= 0.3 is 6.18 Å². The number of alkyl halides is 3. The number of benzene rings is 1. The van der Waals surface area contributed by atoms with E-state index in [9.17, 15) is 26.0 Å². The monoisotopic (exact) mass is 391 g/mol. The average molecular weight is 392 g/mol.